The van der Waals surface area contributed by atoms with Crippen LogP contribution in [0.4, 0.5) is 0 Å². The van der Waals surface area contributed by atoms with Crippen molar-refractivity contribution in [1.82, 2.24) is 9.47 Å². The molecule has 1 amide bonds. The fourth-order valence-electron chi connectivity index (χ4n) is 3.67. The summed E-state index contributed by atoms with van der Waals surface area (Å²) in [6.45, 7) is 4.03. The Morgan fingerprint density at radius 3 is 2.65 bits per heavy atom. The summed E-state index contributed by atoms with van der Waals surface area (Å²) < 4.78 is 7.19. The van der Waals surface area contributed by atoms with Crippen LogP contribution < -0.4 is 10.3 Å². The molecule has 1 heterocycles. The normalized spacial score (nSPS) is 15.4. The van der Waals surface area contributed by atoms with Crippen LogP contribution in [0.2, 0.25) is 0 Å². The first-order valence-corrected chi connectivity index (χ1v) is 9.51. The molecule has 0 spiro atoms. The van der Waals surface area contributed by atoms with Crippen LogP contribution in [-0.4, -0.2) is 34.6 Å². The molecule has 5 nitrogen and oxygen atoms in total. The second-order valence-corrected chi connectivity index (χ2v) is 7.46. The quantitative estimate of drug-likeness (QED) is 0.823. The maximum Gasteiger partial charge on any atom is 0.258 e. The highest BCUT2D eigenvalue weighted by Crippen LogP contribution is 2.22. The zero-order valence-electron chi connectivity index (χ0n) is 15.9. The van der Waals surface area contributed by atoms with Crippen LogP contribution in [0.5, 0.6) is 5.75 Å². The summed E-state index contributed by atoms with van der Waals surface area (Å²) in [6, 6.07) is 7.64. The van der Waals surface area contributed by atoms with Crippen molar-refractivity contribution in [2.45, 2.75) is 64.6 Å². The van der Waals surface area contributed by atoms with Gasteiger partial charge in [0.2, 0.25) is 5.91 Å². The number of hydrogen-bond acceptors (Lipinski definition) is 3. The summed E-state index contributed by atoms with van der Waals surface area (Å²) in [7, 11) is 1.86. The third kappa shape index (κ3) is 4.09. The molecule has 1 aromatic heterocycles. The van der Waals surface area contributed by atoms with E-state index in [4.69, 9.17) is 4.74 Å². The molecule has 1 aliphatic carbocycles. The smallest absolute Gasteiger partial charge is 0.258 e. The van der Waals surface area contributed by atoms with Crippen molar-refractivity contribution >= 4 is 16.7 Å². The van der Waals surface area contributed by atoms with Gasteiger partial charge in [0, 0.05) is 24.7 Å². The summed E-state index contributed by atoms with van der Waals surface area (Å²) in [4.78, 5) is 27.2. The van der Waals surface area contributed by atoms with Gasteiger partial charge in [0.05, 0.1) is 6.10 Å². The van der Waals surface area contributed by atoms with Gasteiger partial charge in [-0.15, -0.1) is 0 Å². The minimum absolute atomic E-state index is 0.00175. The molecule has 0 radical (unpaired) electrons. The molecule has 26 heavy (non-hydrogen) atoms. The van der Waals surface area contributed by atoms with E-state index in [0.29, 0.717) is 11.4 Å². The third-order valence-corrected chi connectivity index (χ3v) is 5.14. The van der Waals surface area contributed by atoms with Crippen LogP contribution in [0.25, 0.3) is 10.8 Å². The SMILES string of the molecule is CC(C)Oc1ccc2c(=O)n(CC(=O)N(C)C3CCCCC3)ccc2c1. The number of amides is 1. The number of fused-ring (bicyclic) bond motifs is 1. The van der Waals surface area contributed by atoms with Crippen molar-refractivity contribution in [2.24, 2.45) is 0 Å². The number of hydrogen-bond donors (Lipinski definition) is 0. The molecule has 3 rings (SSSR count). The molecule has 5 heteroatoms. The summed E-state index contributed by atoms with van der Waals surface area (Å²) in [5.41, 5.74) is -0.135. The number of likely N-dealkylation sites (N-methyl/N-ethyl adjacent to an activating group) is 1. The second-order valence-electron chi connectivity index (χ2n) is 7.46. The Morgan fingerprint density at radius 2 is 1.96 bits per heavy atom. The molecule has 0 aliphatic heterocycles. The molecule has 1 aliphatic rings. The van der Waals surface area contributed by atoms with Crippen molar-refractivity contribution < 1.29 is 9.53 Å². The van der Waals surface area contributed by atoms with Gasteiger partial charge < -0.3 is 14.2 Å². The van der Waals surface area contributed by atoms with E-state index in [2.05, 4.69) is 0 Å². The molecule has 140 valence electrons. The van der Waals surface area contributed by atoms with Crippen molar-refractivity contribution in [3.8, 4) is 5.75 Å². The van der Waals surface area contributed by atoms with E-state index in [0.717, 1.165) is 24.0 Å². The van der Waals surface area contributed by atoms with Crippen LogP contribution in [0.15, 0.2) is 35.3 Å². The Labute approximate surface area is 154 Å². The average Bonchev–Trinajstić information content (AvgIpc) is 2.63. The topological polar surface area (TPSA) is 51.5 Å². The Kier molecular flexibility index (Phi) is 5.64. The van der Waals surface area contributed by atoms with E-state index in [-0.39, 0.29) is 24.1 Å². The van der Waals surface area contributed by atoms with Gasteiger partial charge in [0.1, 0.15) is 12.3 Å². The predicted molar refractivity (Wildman–Crippen MR) is 104 cm³/mol. The highest BCUT2D eigenvalue weighted by Gasteiger charge is 2.22. The Hall–Kier alpha value is -2.30. The lowest BCUT2D eigenvalue weighted by molar-refractivity contribution is -0.133. The highest BCUT2D eigenvalue weighted by molar-refractivity contribution is 5.83. The minimum Gasteiger partial charge on any atom is -0.491 e. The Balaban J connectivity index is 1.78. The largest absolute Gasteiger partial charge is 0.491 e. The first-order valence-electron chi connectivity index (χ1n) is 9.51. The van der Waals surface area contributed by atoms with Crippen molar-refractivity contribution in [1.29, 1.82) is 0 Å². The third-order valence-electron chi connectivity index (χ3n) is 5.14. The zero-order valence-corrected chi connectivity index (χ0v) is 15.9. The van der Waals surface area contributed by atoms with E-state index in [1.54, 1.807) is 12.3 Å². The van der Waals surface area contributed by atoms with E-state index < -0.39 is 0 Å². The van der Waals surface area contributed by atoms with E-state index >= 15 is 0 Å². The van der Waals surface area contributed by atoms with Gasteiger partial charge in [-0.2, -0.15) is 0 Å². The van der Waals surface area contributed by atoms with Crippen LogP contribution in [0.3, 0.4) is 0 Å². The van der Waals surface area contributed by atoms with Crippen LogP contribution >= 0.6 is 0 Å². The molecule has 1 saturated carbocycles. The highest BCUT2D eigenvalue weighted by atomic mass is 16.5. The number of aromatic nitrogens is 1. The van der Waals surface area contributed by atoms with Crippen molar-refractivity contribution in [3.63, 3.8) is 0 Å². The monoisotopic (exact) mass is 356 g/mol. The molecular formula is C21H28N2O3. The number of pyridine rings is 1. The number of nitrogens with zero attached hydrogens (tertiary/aromatic N) is 2. The van der Waals surface area contributed by atoms with Gasteiger partial charge in [-0.05, 0) is 56.3 Å². The summed E-state index contributed by atoms with van der Waals surface area (Å²) >= 11 is 0. The van der Waals surface area contributed by atoms with Crippen molar-refractivity contribution in [2.75, 3.05) is 7.05 Å². The molecule has 2 aromatic rings. The maximum absolute atomic E-state index is 12.7. The number of carbonyl (C=O) groups is 1. The standard InChI is InChI=1S/C21H28N2O3/c1-15(2)26-18-9-10-19-16(13-18)11-12-23(21(19)25)14-20(24)22(3)17-7-5-4-6-8-17/h9-13,15,17H,4-8,14H2,1-3H3. The lowest BCUT2D eigenvalue weighted by Crippen LogP contribution is -2.41. The summed E-state index contributed by atoms with van der Waals surface area (Å²) in [5, 5.41) is 1.44. The molecular weight excluding hydrogens is 328 g/mol. The summed E-state index contributed by atoms with van der Waals surface area (Å²) in [5.74, 6) is 0.746. The zero-order chi connectivity index (χ0) is 18.7. The fraction of sp³-hybridized carbons (Fsp3) is 0.524. The number of ether oxygens (including phenoxy) is 1. The molecule has 0 unspecified atom stereocenters. The van der Waals surface area contributed by atoms with Crippen LogP contribution in [-0.2, 0) is 11.3 Å². The van der Waals surface area contributed by atoms with Gasteiger partial charge in [-0.25, -0.2) is 0 Å². The molecule has 1 fully saturated rings. The first-order chi connectivity index (χ1) is 12.5. The number of rotatable bonds is 5. The minimum atomic E-state index is -0.135. The lowest BCUT2D eigenvalue weighted by Gasteiger charge is -2.31. The Morgan fingerprint density at radius 1 is 1.23 bits per heavy atom. The number of benzene rings is 1. The van der Waals surface area contributed by atoms with Crippen LogP contribution in [0, 0.1) is 0 Å². The van der Waals surface area contributed by atoms with Gasteiger partial charge in [0.25, 0.3) is 5.56 Å². The fourth-order valence-corrected chi connectivity index (χ4v) is 3.67. The van der Waals surface area contributed by atoms with E-state index in [9.17, 15) is 9.59 Å². The molecule has 0 atom stereocenters. The van der Waals surface area contributed by atoms with Crippen molar-refractivity contribution in [3.05, 3.63) is 40.8 Å². The van der Waals surface area contributed by atoms with E-state index in [1.807, 2.05) is 44.0 Å². The van der Waals surface area contributed by atoms with Gasteiger partial charge in [-0.3, -0.25) is 9.59 Å². The summed E-state index contributed by atoms with van der Waals surface area (Å²) in [6.07, 6.45) is 7.53. The van der Waals surface area contributed by atoms with E-state index in [1.165, 1.54) is 23.8 Å². The van der Waals surface area contributed by atoms with Gasteiger partial charge >= 0.3 is 0 Å². The molecule has 0 N–H and O–H groups in total. The second kappa shape index (κ2) is 7.94. The predicted octanol–water partition coefficient (Wildman–Crippen LogP) is 3.58. The molecule has 0 bridgehead atoms. The average molecular weight is 356 g/mol. The lowest BCUT2D eigenvalue weighted by atomic mass is 9.94. The van der Waals surface area contributed by atoms with Gasteiger partial charge in [-0.1, -0.05) is 19.3 Å². The first kappa shape index (κ1) is 18.5. The number of carbonyl (C=O) groups excluding carboxylic acids is 1. The molecule has 0 saturated heterocycles. The Bertz CT molecular complexity index is 835. The maximum atomic E-state index is 12.7. The molecule has 1 aromatic carbocycles. The van der Waals surface area contributed by atoms with Crippen LogP contribution in [0.1, 0.15) is 46.0 Å². The van der Waals surface area contributed by atoms with Gasteiger partial charge in [0.15, 0.2) is 0 Å².